The van der Waals surface area contributed by atoms with Crippen LogP contribution in [0.2, 0.25) is 0 Å². The number of esters is 2. The van der Waals surface area contributed by atoms with E-state index in [-0.39, 0.29) is 31.0 Å². The zero-order chi connectivity index (χ0) is 25.9. The van der Waals surface area contributed by atoms with Crippen LogP contribution in [0.4, 0.5) is 4.39 Å². The number of allylic oxidation sites excluding steroid dienone is 4. The van der Waals surface area contributed by atoms with Crippen LogP contribution in [-0.4, -0.2) is 53.1 Å². The van der Waals surface area contributed by atoms with Crippen molar-refractivity contribution in [3.63, 3.8) is 0 Å². The Balaban J connectivity index is 1.81. The third-order valence-corrected chi connectivity index (χ3v) is 9.41. The summed E-state index contributed by atoms with van der Waals surface area (Å²) in [7, 11) is 0. The lowest BCUT2D eigenvalue weighted by molar-refractivity contribution is -0.209. The van der Waals surface area contributed by atoms with Gasteiger partial charge in [0.2, 0.25) is 5.78 Å². The maximum atomic E-state index is 16.0. The summed E-state index contributed by atoms with van der Waals surface area (Å²) in [6, 6.07) is 0. The maximum absolute atomic E-state index is 16.0. The van der Waals surface area contributed by atoms with Gasteiger partial charge in [-0.3, -0.25) is 19.2 Å². The van der Waals surface area contributed by atoms with E-state index in [1.54, 1.807) is 19.9 Å². The molecule has 9 atom stereocenters. The Labute approximate surface area is 205 Å². The summed E-state index contributed by atoms with van der Waals surface area (Å²) in [5, 5.41) is 11.6. The van der Waals surface area contributed by atoms with Gasteiger partial charge in [-0.05, 0) is 30.9 Å². The minimum atomic E-state index is -1.65. The molecule has 0 aromatic rings. The summed E-state index contributed by atoms with van der Waals surface area (Å²) in [5.74, 6) is -3.86. The molecule has 8 heteroatoms. The highest BCUT2D eigenvalue weighted by molar-refractivity contribution is 6.01. The zero-order valence-electron chi connectivity index (χ0n) is 21.0. The van der Waals surface area contributed by atoms with Crippen molar-refractivity contribution in [3.05, 3.63) is 23.8 Å². The van der Waals surface area contributed by atoms with Crippen molar-refractivity contribution in [2.75, 3.05) is 6.61 Å². The summed E-state index contributed by atoms with van der Waals surface area (Å²) in [6.07, 6.45) is 3.07. The molecule has 0 aromatic heterocycles. The molecule has 0 spiro atoms. The second kappa shape index (κ2) is 8.64. The molecule has 192 valence electrons. The van der Waals surface area contributed by atoms with Gasteiger partial charge >= 0.3 is 11.9 Å². The van der Waals surface area contributed by atoms with Crippen molar-refractivity contribution in [3.8, 4) is 0 Å². The maximum Gasteiger partial charge on any atom is 0.306 e. The number of ether oxygens (including phenoxy) is 2. The molecule has 1 N–H and O–H groups in total. The van der Waals surface area contributed by atoms with Crippen LogP contribution in [0.25, 0.3) is 0 Å². The van der Waals surface area contributed by atoms with Crippen LogP contribution in [0.15, 0.2) is 23.8 Å². The van der Waals surface area contributed by atoms with Crippen molar-refractivity contribution >= 4 is 23.5 Å². The molecule has 0 saturated heterocycles. The third kappa shape index (κ3) is 3.62. The molecular weight excluding hydrogens is 455 g/mol. The van der Waals surface area contributed by atoms with E-state index >= 15 is 4.39 Å². The van der Waals surface area contributed by atoms with Crippen LogP contribution in [0.1, 0.15) is 60.3 Å². The van der Waals surface area contributed by atoms with Gasteiger partial charge in [0, 0.05) is 48.3 Å². The smallest absolute Gasteiger partial charge is 0.306 e. The molecule has 0 heterocycles. The molecule has 4 rings (SSSR count). The second-order valence-electron chi connectivity index (χ2n) is 11.2. The van der Waals surface area contributed by atoms with Gasteiger partial charge < -0.3 is 14.6 Å². The van der Waals surface area contributed by atoms with Crippen LogP contribution < -0.4 is 0 Å². The minimum absolute atomic E-state index is 0.0431. The van der Waals surface area contributed by atoms with Crippen molar-refractivity contribution in [2.24, 2.45) is 34.5 Å². The van der Waals surface area contributed by atoms with E-state index in [9.17, 15) is 24.3 Å². The van der Waals surface area contributed by atoms with E-state index in [1.807, 2.05) is 13.8 Å². The van der Waals surface area contributed by atoms with Crippen LogP contribution in [0, 0.1) is 34.5 Å². The first-order valence-corrected chi connectivity index (χ1v) is 12.5. The Hall–Kier alpha value is -2.35. The number of carbonyl (C=O) groups excluding carboxylic acids is 4. The molecule has 7 nitrogen and oxygen atoms in total. The molecule has 35 heavy (non-hydrogen) atoms. The second-order valence-corrected chi connectivity index (χ2v) is 11.2. The van der Waals surface area contributed by atoms with E-state index in [0.29, 0.717) is 12.0 Å². The highest BCUT2D eigenvalue weighted by atomic mass is 19.1. The number of alkyl halides is 1. The number of carbonyl (C=O) groups is 4. The quantitative estimate of drug-likeness (QED) is 0.590. The normalized spacial score (nSPS) is 44.0. The van der Waals surface area contributed by atoms with Gasteiger partial charge in [0.25, 0.3) is 0 Å². The number of rotatable bonds is 5. The Kier molecular flexibility index (Phi) is 6.36. The van der Waals surface area contributed by atoms with Crippen LogP contribution in [0.5, 0.6) is 0 Å². The van der Waals surface area contributed by atoms with Gasteiger partial charge in [0.15, 0.2) is 18.0 Å². The molecular formula is C27H35FO7. The molecule has 4 aliphatic rings. The van der Waals surface area contributed by atoms with Gasteiger partial charge in [0.05, 0.1) is 6.10 Å². The first-order valence-electron chi connectivity index (χ1n) is 12.5. The average molecular weight is 491 g/mol. The summed E-state index contributed by atoms with van der Waals surface area (Å²) < 4.78 is 27.0. The standard InChI is InChI=1S/C27H35FO7/c1-6-22(33)35-27(21(32)13-34-15(3)29)14(2)9-18-23-19(28)11-16-10-17(30)7-8-25(16,4)24(23)20(31)12-26(18,27)5/h7-8,10,14,18-20,23-24,31H,6,9,11-13H2,1-5H3/t14-,18?,19-,20?,23?,24?,25+,26+,27+/m1/s1. The Morgan fingerprint density at radius 2 is 1.94 bits per heavy atom. The molecule has 0 aliphatic heterocycles. The lowest BCUT2D eigenvalue weighted by atomic mass is 9.45. The Morgan fingerprint density at radius 1 is 1.26 bits per heavy atom. The number of hydrogen-bond donors (Lipinski definition) is 1. The SMILES string of the molecule is CCC(=O)O[C@]1(C(=O)COC(C)=O)[C@H](C)CC2C3C(C(O)C[C@@]21C)[C@@]1(C)C=CC(=O)C=C1C[C@H]3F. The van der Waals surface area contributed by atoms with E-state index in [1.165, 1.54) is 19.1 Å². The fraction of sp³-hybridized carbons (Fsp3) is 0.704. The number of halogens is 1. The molecule has 0 radical (unpaired) electrons. The summed E-state index contributed by atoms with van der Waals surface area (Å²) in [5.41, 5.74) is -2.72. The van der Waals surface area contributed by atoms with Gasteiger partial charge in [-0.15, -0.1) is 0 Å². The molecule has 3 fully saturated rings. The van der Waals surface area contributed by atoms with E-state index in [4.69, 9.17) is 9.47 Å². The van der Waals surface area contributed by atoms with Crippen molar-refractivity contribution < 1.29 is 38.1 Å². The number of hydrogen-bond acceptors (Lipinski definition) is 7. The first kappa shape index (κ1) is 25.7. The Morgan fingerprint density at radius 3 is 2.57 bits per heavy atom. The van der Waals surface area contributed by atoms with Crippen molar-refractivity contribution in [2.45, 2.75) is 78.2 Å². The van der Waals surface area contributed by atoms with Gasteiger partial charge in [-0.1, -0.05) is 39.3 Å². The van der Waals surface area contributed by atoms with Crippen molar-refractivity contribution in [1.29, 1.82) is 0 Å². The predicted molar refractivity (Wildman–Crippen MR) is 124 cm³/mol. The van der Waals surface area contributed by atoms with E-state index in [2.05, 4.69) is 0 Å². The predicted octanol–water partition coefficient (Wildman–Crippen LogP) is 3.28. The first-order chi connectivity index (χ1) is 16.3. The molecule has 0 amide bonds. The van der Waals surface area contributed by atoms with Crippen molar-refractivity contribution in [1.82, 2.24) is 0 Å². The summed E-state index contributed by atoms with van der Waals surface area (Å²) in [4.78, 5) is 49.8. The van der Waals surface area contributed by atoms with Crippen LogP contribution >= 0.6 is 0 Å². The monoisotopic (exact) mass is 490 g/mol. The minimum Gasteiger partial charge on any atom is -0.458 e. The number of ketones is 2. The molecule has 4 aliphatic carbocycles. The largest absolute Gasteiger partial charge is 0.458 e. The number of aliphatic hydroxyl groups excluding tert-OH is 1. The average Bonchev–Trinajstić information content (AvgIpc) is 2.99. The highest BCUT2D eigenvalue weighted by Gasteiger charge is 2.74. The number of Topliss-reactive ketones (excluding diaryl/α,β-unsaturated/α-hetero) is 1. The van der Waals surface area contributed by atoms with Gasteiger partial charge in [0.1, 0.15) is 6.17 Å². The van der Waals surface area contributed by atoms with Gasteiger partial charge in [-0.25, -0.2) is 4.39 Å². The third-order valence-electron chi connectivity index (χ3n) is 9.41. The lowest BCUT2D eigenvalue weighted by Crippen LogP contribution is -2.65. The molecule has 0 aromatic carbocycles. The Bertz CT molecular complexity index is 1020. The summed E-state index contributed by atoms with van der Waals surface area (Å²) in [6.45, 7) is 7.81. The zero-order valence-corrected chi connectivity index (χ0v) is 21.0. The number of fused-ring (bicyclic) bond motifs is 5. The molecule has 0 bridgehead atoms. The molecule has 4 unspecified atom stereocenters. The van der Waals surface area contributed by atoms with Gasteiger partial charge in [-0.2, -0.15) is 0 Å². The van der Waals surface area contributed by atoms with E-state index in [0.717, 1.165) is 0 Å². The molecule has 3 saturated carbocycles. The topological polar surface area (TPSA) is 107 Å². The fourth-order valence-corrected chi connectivity index (χ4v) is 7.96. The highest BCUT2D eigenvalue weighted by Crippen LogP contribution is 2.69. The van der Waals surface area contributed by atoms with E-state index < -0.39 is 70.8 Å². The summed E-state index contributed by atoms with van der Waals surface area (Å²) >= 11 is 0. The van der Waals surface area contributed by atoms with Crippen LogP contribution in [0.3, 0.4) is 0 Å². The fourth-order valence-electron chi connectivity index (χ4n) is 7.96. The number of aliphatic hydroxyl groups is 1. The van der Waals surface area contributed by atoms with Crippen LogP contribution in [-0.2, 0) is 28.7 Å². The lowest BCUT2D eigenvalue weighted by Gasteiger charge is -2.60.